The molecule has 0 atom stereocenters. The summed E-state index contributed by atoms with van der Waals surface area (Å²) in [5, 5.41) is 2.99. The zero-order chi connectivity index (χ0) is 16.2. The van der Waals surface area contributed by atoms with Crippen molar-refractivity contribution in [3.8, 4) is 0 Å². The van der Waals surface area contributed by atoms with Gasteiger partial charge in [-0.2, -0.15) is 0 Å². The lowest BCUT2D eigenvalue weighted by Crippen LogP contribution is -2.39. The van der Waals surface area contributed by atoms with Crippen LogP contribution in [0.2, 0.25) is 0 Å². The first-order chi connectivity index (χ1) is 11.1. The van der Waals surface area contributed by atoms with Crippen molar-refractivity contribution in [3.05, 3.63) is 41.7 Å². The van der Waals surface area contributed by atoms with Gasteiger partial charge in [0.25, 0.3) is 5.91 Å². The fourth-order valence-electron chi connectivity index (χ4n) is 2.93. The number of anilines is 1. The summed E-state index contributed by atoms with van der Waals surface area (Å²) in [5.74, 6) is 1.48. The number of nitrogens with zero attached hydrogens (tertiary/aromatic N) is 3. The molecule has 3 rings (SSSR count). The molecule has 0 unspecified atom stereocenters. The highest BCUT2D eigenvalue weighted by Gasteiger charge is 2.22. The molecule has 0 spiro atoms. The highest BCUT2D eigenvalue weighted by atomic mass is 16.3. The summed E-state index contributed by atoms with van der Waals surface area (Å²) < 4.78 is 4.93. The van der Waals surface area contributed by atoms with Crippen LogP contribution in [0, 0.1) is 19.8 Å². The average Bonchev–Trinajstić information content (AvgIpc) is 3.10. The van der Waals surface area contributed by atoms with Crippen LogP contribution in [0.3, 0.4) is 0 Å². The molecule has 6 nitrogen and oxygen atoms in total. The number of hydrogen-bond acceptors (Lipinski definition) is 5. The van der Waals surface area contributed by atoms with Gasteiger partial charge in [0.05, 0.1) is 11.8 Å². The van der Waals surface area contributed by atoms with Crippen molar-refractivity contribution in [2.45, 2.75) is 26.7 Å². The molecule has 122 valence electrons. The van der Waals surface area contributed by atoms with Crippen molar-refractivity contribution in [1.29, 1.82) is 0 Å². The van der Waals surface area contributed by atoms with E-state index in [1.165, 1.54) is 12.5 Å². The number of amides is 1. The summed E-state index contributed by atoms with van der Waals surface area (Å²) in [6, 6.07) is 1.68. The van der Waals surface area contributed by atoms with Gasteiger partial charge >= 0.3 is 0 Å². The molecule has 1 aliphatic rings. The second-order valence-electron chi connectivity index (χ2n) is 6.06. The zero-order valence-electron chi connectivity index (χ0n) is 13.6. The minimum atomic E-state index is -0.0663. The van der Waals surface area contributed by atoms with Crippen molar-refractivity contribution < 1.29 is 9.21 Å². The number of piperidine rings is 1. The molecule has 0 radical (unpaired) electrons. The Hall–Kier alpha value is -2.37. The fraction of sp³-hybridized carbons (Fsp3) is 0.471. The third kappa shape index (κ3) is 3.52. The molecule has 0 bridgehead atoms. The van der Waals surface area contributed by atoms with Crippen molar-refractivity contribution in [2.24, 2.45) is 5.92 Å². The Morgan fingerprint density at radius 2 is 2.13 bits per heavy atom. The van der Waals surface area contributed by atoms with Crippen LogP contribution >= 0.6 is 0 Å². The molecule has 23 heavy (non-hydrogen) atoms. The van der Waals surface area contributed by atoms with Gasteiger partial charge < -0.3 is 14.6 Å². The standard InChI is InChI=1S/C17H22N4O2/c1-12-13(2)19-11-20-16(12)21-6-3-14(4-7-21)9-18-17(22)15-5-8-23-10-15/h5,8,10-11,14H,3-4,6-7,9H2,1-2H3,(H,18,22). The van der Waals surface area contributed by atoms with Gasteiger partial charge in [0, 0.05) is 30.9 Å². The van der Waals surface area contributed by atoms with Gasteiger partial charge in [0.15, 0.2) is 0 Å². The molecule has 1 amide bonds. The van der Waals surface area contributed by atoms with Gasteiger partial charge in [-0.25, -0.2) is 9.97 Å². The van der Waals surface area contributed by atoms with Gasteiger partial charge in [0.2, 0.25) is 0 Å². The predicted octanol–water partition coefficient (Wildman–Crippen LogP) is 2.33. The van der Waals surface area contributed by atoms with Gasteiger partial charge in [0.1, 0.15) is 18.4 Å². The third-order valence-electron chi connectivity index (χ3n) is 4.56. The number of furan rings is 1. The van der Waals surface area contributed by atoms with E-state index in [0.29, 0.717) is 18.0 Å². The van der Waals surface area contributed by atoms with Crippen molar-refractivity contribution in [1.82, 2.24) is 15.3 Å². The Balaban J connectivity index is 1.51. The highest BCUT2D eigenvalue weighted by Crippen LogP contribution is 2.24. The lowest BCUT2D eigenvalue weighted by atomic mass is 9.96. The van der Waals surface area contributed by atoms with Crippen LogP contribution in [0.1, 0.15) is 34.5 Å². The van der Waals surface area contributed by atoms with E-state index in [-0.39, 0.29) is 5.91 Å². The van der Waals surface area contributed by atoms with E-state index >= 15 is 0 Å². The summed E-state index contributed by atoms with van der Waals surface area (Å²) in [7, 11) is 0. The lowest BCUT2D eigenvalue weighted by Gasteiger charge is -2.33. The third-order valence-corrected chi connectivity index (χ3v) is 4.56. The Morgan fingerprint density at radius 1 is 1.35 bits per heavy atom. The Labute approximate surface area is 135 Å². The summed E-state index contributed by atoms with van der Waals surface area (Å²) >= 11 is 0. The summed E-state index contributed by atoms with van der Waals surface area (Å²) in [4.78, 5) is 22.9. The smallest absolute Gasteiger partial charge is 0.254 e. The minimum absolute atomic E-state index is 0.0663. The Bertz CT molecular complexity index is 661. The maximum absolute atomic E-state index is 11.9. The Kier molecular flexibility index (Phi) is 4.60. The van der Waals surface area contributed by atoms with Crippen LogP contribution in [0.4, 0.5) is 5.82 Å². The van der Waals surface area contributed by atoms with Crippen molar-refractivity contribution >= 4 is 11.7 Å². The van der Waals surface area contributed by atoms with E-state index < -0.39 is 0 Å². The first kappa shape index (κ1) is 15.5. The molecule has 2 aromatic rings. The first-order valence-corrected chi connectivity index (χ1v) is 7.98. The zero-order valence-corrected chi connectivity index (χ0v) is 13.6. The van der Waals surface area contributed by atoms with Crippen LogP contribution in [0.25, 0.3) is 0 Å². The molecule has 1 N–H and O–H groups in total. The second-order valence-corrected chi connectivity index (χ2v) is 6.06. The molecule has 0 saturated carbocycles. The monoisotopic (exact) mass is 314 g/mol. The number of rotatable bonds is 4. The van der Waals surface area contributed by atoms with Gasteiger partial charge in [-0.15, -0.1) is 0 Å². The molecule has 1 fully saturated rings. The Morgan fingerprint density at radius 3 is 2.83 bits per heavy atom. The van der Waals surface area contributed by atoms with E-state index in [9.17, 15) is 4.79 Å². The molecule has 6 heteroatoms. The second kappa shape index (κ2) is 6.81. The quantitative estimate of drug-likeness (QED) is 0.938. The summed E-state index contributed by atoms with van der Waals surface area (Å²) in [5.41, 5.74) is 2.76. The molecular weight excluding hydrogens is 292 g/mol. The average molecular weight is 314 g/mol. The normalized spacial score (nSPS) is 15.7. The number of nitrogens with one attached hydrogen (secondary N) is 1. The maximum Gasteiger partial charge on any atom is 0.254 e. The molecular formula is C17H22N4O2. The van der Waals surface area contributed by atoms with Gasteiger partial charge in [-0.3, -0.25) is 4.79 Å². The minimum Gasteiger partial charge on any atom is -0.472 e. The van der Waals surface area contributed by atoms with Gasteiger partial charge in [-0.1, -0.05) is 0 Å². The lowest BCUT2D eigenvalue weighted by molar-refractivity contribution is 0.0944. The largest absolute Gasteiger partial charge is 0.472 e. The molecule has 1 aliphatic heterocycles. The molecule has 3 heterocycles. The molecule has 2 aromatic heterocycles. The first-order valence-electron chi connectivity index (χ1n) is 7.98. The number of aryl methyl sites for hydroxylation is 1. The summed E-state index contributed by atoms with van der Waals surface area (Å²) in [6.45, 7) is 6.72. The number of hydrogen-bond donors (Lipinski definition) is 1. The van der Waals surface area contributed by atoms with Crippen molar-refractivity contribution in [3.63, 3.8) is 0 Å². The molecule has 1 saturated heterocycles. The molecule has 0 aromatic carbocycles. The number of carbonyl (C=O) groups is 1. The topological polar surface area (TPSA) is 71.3 Å². The van der Waals surface area contributed by atoms with E-state index in [2.05, 4.69) is 27.1 Å². The number of aromatic nitrogens is 2. The number of carbonyl (C=O) groups excluding carboxylic acids is 1. The van der Waals surface area contributed by atoms with Crippen LogP contribution in [-0.2, 0) is 0 Å². The van der Waals surface area contributed by atoms with E-state index in [4.69, 9.17) is 4.42 Å². The van der Waals surface area contributed by atoms with Crippen LogP contribution in [-0.4, -0.2) is 35.5 Å². The SMILES string of the molecule is Cc1ncnc(N2CCC(CNC(=O)c3ccoc3)CC2)c1C. The van der Waals surface area contributed by atoms with E-state index in [0.717, 1.165) is 43.0 Å². The fourth-order valence-corrected chi connectivity index (χ4v) is 2.93. The van der Waals surface area contributed by atoms with Crippen LogP contribution < -0.4 is 10.2 Å². The van der Waals surface area contributed by atoms with E-state index in [1.807, 2.05) is 6.92 Å². The van der Waals surface area contributed by atoms with Crippen LogP contribution in [0.5, 0.6) is 0 Å². The van der Waals surface area contributed by atoms with Crippen LogP contribution in [0.15, 0.2) is 29.3 Å². The molecule has 0 aliphatic carbocycles. The highest BCUT2D eigenvalue weighted by molar-refractivity contribution is 5.93. The summed E-state index contributed by atoms with van der Waals surface area (Å²) in [6.07, 6.45) is 6.72. The van der Waals surface area contributed by atoms with Gasteiger partial charge in [-0.05, 0) is 38.7 Å². The van der Waals surface area contributed by atoms with Crippen molar-refractivity contribution in [2.75, 3.05) is 24.5 Å². The maximum atomic E-state index is 11.9. The predicted molar refractivity (Wildman–Crippen MR) is 87.5 cm³/mol. The van der Waals surface area contributed by atoms with E-state index in [1.54, 1.807) is 12.4 Å².